The molecule has 6 nitrogen and oxygen atoms in total. The molecule has 0 bridgehead atoms. The fourth-order valence-corrected chi connectivity index (χ4v) is 3.45. The van der Waals surface area contributed by atoms with Crippen LogP contribution in [0.5, 0.6) is 17.2 Å². The molecule has 3 aromatic carbocycles. The number of benzene rings is 3. The third-order valence-electron chi connectivity index (χ3n) is 4.86. The second kappa shape index (κ2) is 8.84. The summed E-state index contributed by atoms with van der Waals surface area (Å²) < 4.78 is 15.5. The number of ether oxygens (including phenoxy) is 3. The van der Waals surface area contributed by atoms with Crippen molar-refractivity contribution in [2.75, 3.05) is 28.4 Å². The van der Waals surface area contributed by atoms with E-state index in [2.05, 4.69) is 4.90 Å². The molecule has 29 heavy (non-hydrogen) atoms. The Bertz CT molecular complexity index is 1030. The van der Waals surface area contributed by atoms with Crippen LogP contribution in [0.1, 0.15) is 21.5 Å². The second-order valence-electron chi connectivity index (χ2n) is 6.83. The predicted molar refractivity (Wildman–Crippen MR) is 112 cm³/mol. The van der Waals surface area contributed by atoms with E-state index in [0.717, 1.165) is 16.3 Å². The largest absolute Gasteiger partial charge is 0.507 e. The lowest BCUT2D eigenvalue weighted by molar-refractivity contribution is 0.0597. The summed E-state index contributed by atoms with van der Waals surface area (Å²) in [5.74, 6) is 0.736. The first-order chi connectivity index (χ1) is 14.0. The van der Waals surface area contributed by atoms with E-state index in [0.29, 0.717) is 30.2 Å². The molecule has 0 aliphatic heterocycles. The molecule has 0 saturated heterocycles. The summed E-state index contributed by atoms with van der Waals surface area (Å²) in [6.07, 6.45) is 0. The molecule has 0 aromatic heterocycles. The normalized spacial score (nSPS) is 10.9. The Kier molecular flexibility index (Phi) is 6.24. The molecule has 0 unspecified atom stereocenters. The fourth-order valence-electron chi connectivity index (χ4n) is 3.45. The van der Waals surface area contributed by atoms with Crippen LogP contribution >= 0.6 is 0 Å². The van der Waals surface area contributed by atoms with Crippen LogP contribution in [0.2, 0.25) is 0 Å². The van der Waals surface area contributed by atoms with Crippen LogP contribution in [-0.2, 0) is 17.8 Å². The van der Waals surface area contributed by atoms with Gasteiger partial charge in [0, 0.05) is 18.7 Å². The Hall–Kier alpha value is -3.25. The molecule has 0 heterocycles. The van der Waals surface area contributed by atoms with E-state index < -0.39 is 5.97 Å². The molecule has 0 amide bonds. The second-order valence-corrected chi connectivity index (χ2v) is 6.83. The van der Waals surface area contributed by atoms with Gasteiger partial charge in [-0.05, 0) is 41.6 Å². The summed E-state index contributed by atoms with van der Waals surface area (Å²) in [5.41, 5.74) is 1.89. The molecule has 1 N–H and O–H groups in total. The lowest BCUT2D eigenvalue weighted by Crippen LogP contribution is -2.18. The number of phenols is 1. The van der Waals surface area contributed by atoms with Gasteiger partial charge >= 0.3 is 5.97 Å². The maximum Gasteiger partial charge on any atom is 0.341 e. The quantitative estimate of drug-likeness (QED) is 0.611. The fraction of sp³-hybridized carbons (Fsp3) is 0.261. The molecule has 6 heteroatoms. The Labute approximate surface area is 170 Å². The Balaban J connectivity index is 1.93. The van der Waals surface area contributed by atoms with Crippen LogP contribution in [0.15, 0.2) is 48.5 Å². The highest BCUT2D eigenvalue weighted by Crippen LogP contribution is 2.33. The SMILES string of the molecule is COC(=O)c1cc2ccccc2c(CN(C)Cc2ccc(OC)c(OC)c2)c1O. The molecule has 0 fully saturated rings. The average molecular weight is 395 g/mol. The smallest absolute Gasteiger partial charge is 0.341 e. The van der Waals surface area contributed by atoms with Crippen LogP contribution in [-0.4, -0.2) is 44.4 Å². The van der Waals surface area contributed by atoms with E-state index >= 15 is 0 Å². The van der Waals surface area contributed by atoms with Crippen molar-refractivity contribution in [3.8, 4) is 17.2 Å². The third kappa shape index (κ3) is 4.27. The van der Waals surface area contributed by atoms with E-state index in [1.54, 1.807) is 20.3 Å². The standard InChI is InChI=1S/C23H25NO5/c1-24(13-15-9-10-20(27-2)21(11-15)28-3)14-19-17-8-6-5-7-16(17)12-18(22(19)25)23(26)29-4/h5-12,25H,13-14H2,1-4H3. The summed E-state index contributed by atoms with van der Waals surface area (Å²) in [5, 5.41) is 12.6. The molecule has 152 valence electrons. The van der Waals surface area contributed by atoms with Gasteiger partial charge in [-0.3, -0.25) is 4.90 Å². The summed E-state index contributed by atoms with van der Waals surface area (Å²) >= 11 is 0. The van der Waals surface area contributed by atoms with Gasteiger partial charge in [0.1, 0.15) is 11.3 Å². The zero-order valence-electron chi connectivity index (χ0n) is 17.1. The molecule has 0 atom stereocenters. The number of hydrogen-bond donors (Lipinski definition) is 1. The first kappa shape index (κ1) is 20.5. The highest BCUT2D eigenvalue weighted by atomic mass is 16.5. The van der Waals surface area contributed by atoms with Crippen LogP contribution in [0.25, 0.3) is 10.8 Å². The van der Waals surface area contributed by atoms with Crippen LogP contribution in [0.3, 0.4) is 0 Å². The van der Waals surface area contributed by atoms with Crippen molar-refractivity contribution < 1.29 is 24.1 Å². The minimum absolute atomic E-state index is 0.0466. The van der Waals surface area contributed by atoms with Crippen molar-refractivity contribution in [1.82, 2.24) is 4.90 Å². The van der Waals surface area contributed by atoms with E-state index in [9.17, 15) is 9.90 Å². The van der Waals surface area contributed by atoms with Crippen LogP contribution in [0.4, 0.5) is 0 Å². The molecule has 0 spiro atoms. The number of carbonyl (C=O) groups excluding carboxylic acids is 1. The Morgan fingerprint density at radius 2 is 1.69 bits per heavy atom. The van der Waals surface area contributed by atoms with E-state index in [1.807, 2.05) is 49.5 Å². The number of phenolic OH excluding ortho intramolecular Hbond substituents is 1. The first-order valence-corrected chi connectivity index (χ1v) is 9.19. The molecule has 0 aliphatic rings. The molecular formula is C23H25NO5. The number of fused-ring (bicyclic) bond motifs is 1. The predicted octanol–water partition coefficient (Wildman–Crippen LogP) is 3.98. The summed E-state index contributed by atoms with van der Waals surface area (Å²) in [4.78, 5) is 14.2. The molecule has 0 radical (unpaired) electrons. The van der Waals surface area contributed by atoms with Crippen molar-refractivity contribution in [2.24, 2.45) is 0 Å². The molecule has 0 aliphatic carbocycles. The number of aromatic hydroxyl groups is 1. The summed E-state index contributed by atoms with van der Waals surface area (Å²) in [6, 6.07) is 15.1. The zero-order chi connectivity index (χ0) is 21.0. The number of rotatable bonds is 7. The van der Waals surface area contributed by atoms with Gasteiger partial charge in [0.2, 0.25) is 0 Å². The number of hydrogen-bond acceptors (Lipinski definition) is 6. The van der Waals surface area contributed by atoms with E-state index in [1.165, 1.54) is 7.11 Å². The maximum absolute atomic E-state index is 12.1. The van der Waals surface area contributed by atoms with E-state index in [4.69, 9.17) is 14.2 Å². The van der Waals surface area contributed by atoms with Gasteiger partial charge in [0.25, 0.3) is 0 Å². The van der Waals surface area contributed by atoms with Crippen molar-refractivity contribution in [1.29, 1.82) is 0 Å². The highest BCUT2D eigenvalue weighted by molar-refractivity contribution is 6.00. The number of nitrogens with zero attached hydrogens (tertiary/aromatic N) is 1. The lowest BCUT2D eigenvalue weighted by Gasteiger charge is -2.20. The minimum Gasteiger partial charge on any atom is -0.507 e. The minimum atomic E-state index is -0.558. The summed E-state index contributed by atoms with van der Waals surface area (Å²) in [6.45, 7) is 1.07. The number of esters is 1. The van der Waals surface area contributed by atoms with Crippen LogP contribution < -0.4 is 9.47 Å². The van der Waals surface area contributed by atoms with Crippen molar-refractivity contribution >= 4 is 16.7 Å². The van der Waals surface area contributed by atoms with Crippen molar-refractivity contribution in [3.05, 3.63) is 65.2 Å². The molecule has 3 rings (SSSR count). The molecular weight excluding hydrogens is 370 g/mol. The zero-order valence-corrected chi connectivity index (χ0v) is 17.1. The highest BCUT2D eigenvalue weighted by Gasteiger charge is 2.19. The molecule has 0 saturated carbocycles. The van der Waals surface area contributed by atoms with Gasteiger partial charge in [-0.25, -0.2) is 4.79 Å². The first-order valence-electron chi connectivity index (χ1n) is 9.19. The monoisotopic (exact) mass is 395 g/mol. The van der Waals surface area contributed by atoms with Gasteiger partial charge in [-0.2, -0.15) is 0 Å². The molecule has 3 aromatic rings. The van der Waals surface area contributed by atoms with E-state index in [-0.39, 0.29) is 11.3 Å². The van der Waals surface area contributed by atoms with Gasteiger partial charge in [-0.1, -0.05) is 30.3 Å². The van der Waals surface area contributed by atoms with Crippen molar-refractivity contribution in [2.45, 2.75) is 13.1 Å². The number of carbonyl (C=O) groups is 1. The van der Waals surface area contributed by atoms with Gasteiger partial charge in [0.05, 0.1) is 21.3 Å². The lowest BCUT2D eigenvalue weighted by atomic mass is 9.98. The van der Waals surface area contributed by atoms with Gasteiger partial charge in [-0.15, -0.1) is 0 Å². The number of methoxy groups -OCH3 is 3. The average Bonchev–Trinajstić information content (AvgIpc) is 2.74. The van der Waals surface area contributed by atoms with Gasteiger partial charge in [0.15, 0.2) is 11.5 Å². The topological polar surface area (TPSA) is 68.2 Å². The summed E-state index contributed by atoms with van der Waals surface area (Å²) in [7, 11) is 6.47. The third-order valence-corrected chi connectivity index (χ3v) is 4.86. The maximum atomic E-state index is 12.1. The van der Waals surface area contributed by atoms with Crippen LogP contribution in [0, 0.1) is 0 Å². The van der Waals surface area contributed by atoms with Crippen molar-refractivity contribution in [3.63, 3.8) is 0 Å². The Morgan fingerprint density at radius 1 is 0.966 bits per heavy atom. The van der Waals surface area contributed by atoms with Gasteiger partial charge < -0.3 is 19.3 Å². The Morgan fingerprint density at radius 3 is 2.38 bits per heavy atom.